The van der Waals surface area contributed by atoms with Gasteiger partial charge < -0.3 is 24.3 Å². The molecule has 4 rings (SSSR count). The molecule has 0 amide bonds. The number of methoxy groups -OCH3 is 1. The number of benzene rings is 2. The van der Waals surface area contributed by atoms with Crippen molar-refractivity contribution in [1.82, 2.24) is 4.57 Å². The minimum atomic E-state index is -0.527. The number of hydrogen-bond acceptors (Lipinski definition) is 6. The van der Waals surface area contributed by atoms with Gasteiger partial charge in [-0.25, -0.2) is 0 Å². The van der Waals surface area contributed by atoms with E-state index >= 15 is 0 Å². The van der Waals surface area contributed by atoms with E-state index in [0.717, 1.165) is 5.56 Å². The number of aromatic nitrogens is 1. The summed E-state index contributed by atoms with van der Waals surface area (Å²) in [6, 6.07) is 13.4. The van der Waals surface area contributed by atoms with Crippen LogP contribution in [0.15, 0.2) is 53.3 Å². The quantitative estimate of drug-likeness (QED) is 0.614. The van der Waals surface area contributed by atoms with Crippen molar-refractivity contribution in [2.24, 2.45) is 0 Å². The number of phenols is 2. The van der Waals surface area contributed by atoms with E-state index in [9.17, 15) is 19.8 Å². The van der Waals surface area contributed by atoms with Crippen molar-refractivity contribution in [2.75, 3.05) is 7.11 Å². The van der Waals surface area contributed by atoms with E-state index in [0.29, 0.717) is 35.5 Å². The summed E-state index contributed by atoms with van der Waals surface area (Å²) in [5.74, 6) is -0.231. The molecule has 0 radical (unpaired) electrons. The van der Waals surface area contributed by atoms with E-state index < -0.39 is 11.9 Å². The van der Waals surface area contributed by atoms with Crippen LogP contribution < -0.4 is 15.0 Å². The van der Waals surface area contributed by atoms with E-state index in [4.69, 9.17) is 9.47 Å². The smallest absolute Gasteiger partial charge is 0.312 e. The van der Waals surface area contributed by atoms with E-state index in [2.05, 4.69) is 0 Å². The summed E-state index contributed by atoms with van der Waals surface area (Å²) < 4.78 is 12.1. The molecule has 0 fully saturated rings. The van der Waals surface area contributed by atoms with Gasteiger partial charge >= 0.3 is 5.97 Å². The molecule has 7 nitrogen and oxygen atoms in total. The van der Waals surface area contributed by atoms with Gasteiger partial charge in [-0.05, 0) is 48.7 Å². The number of hydrogen-bond donors (Lipinski definition) is 2. The molecule has 31 heavy (non-hydrogen) atoms. The second-order valence-electron chi connectivity index (χ2n) is 7.60. The third-order valence-corrected chi connectivity index (χ3v) is 5.62. The number of rotatable bonds is 5. The Morgan fingerprint density at radius 3 is 2.52 bits per heavy atom. The zero-order chi connectivity index (χ0) is 22.1. The van der Waals surface area contributed by atoms with Gasteiger partial charge in [0.1, 0.15) is 11.5 Å². The Morgan fingerprint density at radius 1 is 1.10 bits per heavy atom. The molecule has 0 spiro atoms. The molecule has 1 aliphatic rings. The van der Waals surface area contributed by atoms with Gasteiger partial charge in [0.25, 0.3) is 5.56 Å². The SMILES string of the molecule is COc1ccc(C2CC(=O)Oc3cc(C)n(CCc4ccc(O)cc4)c(=O)c32)cc1O. The van der Waals surface area contributed by atoms with Crippen LogP contribution in [0.25, 0.3) is 0 Å². The van der Waals surface area contributed by atoms with Gasteiger partial charge in [-0.1, -0.05) is 18.2 Å². The lowest BCUT2D eigenvalue weighted by molar-refractivity contribution is -0.135. The van der Waals surface area contributed by atoms with Crippen LogP contribution in [0.3, 0.4) is 0 Å². The van der Waals surface area contributed by atoms with Crippen LogP contribution in [0.1, 0.15) is 34.7 Å². The number of phenolic OH excluding ortho intramolecular Hbond substituents is 2. The zero-order valence-electron chi connectivity index (χ0n) is 17.3. The average Bonchev–Trinajstić information content (AvgIpc) is 2.74. The Hall–Kier alpha value is -3.74. The molecule has 2 aromatic carbocycles. The van der Waals surface area contributed by atoms with E-state index in [1.165, 1.54) is 13.2 Å². The van der Waals surface area contributed by atoms with Crippen molar-refractivity contribution in [1.29, 1.82) is 0 Å². The monoisotopic (exact) mass is 421 g/mol. The van der Waals surface area contributed by atoms with Crippen LogP contribution in [0, 0.1) is 6.92 Å². The Labute approximate surface area is 179 Å². The predicted octanol–water partition coefficient (Wildman–Crippen LogP) is 3.26. The summed E-state index contributed by atoms with van der Waals surface area (Å²) in [6.07, 6.45) is 0.614. The second-order valence-corrected chi connectivity index (χ2v) is 7.60. The highest BCUT2D eigenvalue weighted by molar-refractivity contribution is 5.77. The van der Waals surface area contributed by atoms with Crippen molar-refractivity contribution in [2.45, 2.75) is 32.2 Å². The van der Waals surface area contributed by atoms with Crippen LogP contribution in [0.2, 0.25) is 0 Å². The highest BCUT2D eigenvalue weighted by atomic mass is 16.5. The fourth-order valence-corrected chi connectivity index (χ4v) is 3.98. The Kier molecular flexibility index (Phi) is 5.42. The zero-order valence-corrected chi connectivity index (χ0v) is 17.3. The van der Waals surface area contributed by atoms with Crippen LogP contribution in [0.4, 0.5) is 0 Å². The molecule has 2 heterocycles. The molecule has 1 aromatic heterocycles. The molecular weight excluding hydrogens is 398 g/mol. The molecule has 0 aliphatic carbocycles. The highest BCUT2D eigenvalue weighted by Gasteiger charge is 2.33. The molecule has 1 unspecified atom stereocenters. The Balaban J connectivity index is 1.74. The minimum absolute atomic E-state index is 0.00896. The summed E-state index contributed by atoms with van der Waals surface area (Å²) >= 11 is 0. The lowest BCUT2D eigenvalue weighted by Gasteiger charge is -2.26. The maximum atomic E-state index is 13.5. The largest absolute Gasteiger partial charge is 0.508 e. The van der Waals surface area contributed by atoms with Crippen molar-refractivity contribution in [3.8, 4) is 23.0 Å². The molecular formula is C24H23NO6. The summed E-state index contributed by atoms with van der Waals surface area (Å²) in [5.41, 5.74) is 2.50. The van der Waals surface area contributed by atoms with Crippen molar-refractivity contribution in [3.63, 3.8) is 0 Å². The number of fused-ring (bicyclic) bond motifs is 1. The molecule has 0 saturated heterocycles. The maximum absolute atomic E-state index is 13.5. The topological polar surface area (TPSA) is 98.0 Å². The fourth-order valence-electron chi connectivity index (χ4n) is 3.98. The van der Waals surface area contributed by atoms with Crippen molar-refractivity contribution in [3.05, 3.63) is 81.3 Å². The minimum Gasteiger partial charge on any atom is -0.508 e. The number of carbonyl (C=O) groups excluding carboxylic acids is 1. The number of esters is 1. The molecule has 7 heteroatoms. The molecule has 160 valence electrons. The van der Waals surface area contributed by atoms with Gasteiger partial charge in [0.05, 0.1) is 19.1 Å². The third kappa shape index (κ3) is 3.99. The van der Waals surface area contributed by atoms with E-state index in [1.807, 2.05) is 12.1 Å². The first-order valence-corrected chi connectivity index (χ1v) is 9.97. The van der Waals surface area contributed by atoms with Gasteiger partial charge in [-0.3, -0.25) is 9.59 Å². The van der Waals surface area contributed by atoms with Gasteiger partial charge in [0, 0.05) is 24.2 Å². The average molecular weight is 421 g/mol. The molecule has 0 saturated carbocycles. The first kappa shape index (κ1) is 20.5. The van der Waals surface area contributed by atoms with E-state index in [-0.39, 0.29) is 29.2 Å². The third-order valence-electron chi connectivity index (χ3n) is 5.62. The normalized spacial score (nSPS) is 15.3. The second kappa shape index (κ2) is 8.18. The number of pyridine rings is 1. The van der Waals surface area contributed by atoms with Crippen LogP contribution >= 0.6 is 0 Å². The first-order chi connectivity index (χ1) is 14.9. The first-order valence-electron chi connectivity index (χ1n) is 9.97. The van der Waals surface area contributed by atoms with Crippen LogP contribution in [-0.2, 0) is 17.8 Å². The summed E-state index contributed by atoms with van der Waals surface area (Å²) in [5, 5.41) is 19.6. The number of carbonyl (C=O) groups is 1. The fraction of sp³-hybridized carbons (Fsp3) is 0.250. The predicted molar refractivity (Wildman–Crippen MR) is 114 cm³/mol. The Bertz CT molecular complexity index is 1200. The summed E-state index contributed by atoms with van der Waals surface area (Å²) in [6.45, 7) is 2.24. The van der Waals surface area contributed by atoms with Crippen LogP contribution in [0.5, 0.6) is 23.0 Å². The lowest BCUT2D eigenvalue weighted by atomic mass is 9.86. The molecule has 3 aromatic rings. The van der Waals surface area contributed by atoms with Gasteiger partial charge in [-0.15, -0.1) is 0 Å². The highest BCUT2D eigenvalue weighted by Crippen LogP contribution is 2.39. The molecule has 2 N–H and O–H groups in total. The number of aryl methyl sites for hydroxylation is 2. The molecule has 1 atom stereocenters. The number of aromatic hydroxyl groups is 2. The van der Waals surface area contributed by atoms with Crippen molar-refractivity contribution >= 4 is 5.97 Å². The number of nitrogens with zero attached hydrogens (tertiary/aromatic N) is 1. The lowest BCUT2D eigenvalue weighted by Crippen LogP contribution is -2.33. The standard InChI is InChI=1S/C24H23NO6/c1-14-11-21-23(24(29)25(14)10-9-15-3-6-17(26)7-4-15)18(13-22(28)31-21)16-5-8-20(30-2)19(27)12-16/h3-8,11-12,18,26-27H,9-10,13H2,1-2H3. The summed E-state index contributed by atoms with van der Waals surface area (Å²) in [4.78, 5) is 25.7. The molecule has 1 aliphatic heterocycles. The molecule has 0 bridgehead atoms. The van der Waals surface area contributed by atoms with Gasteiger partial charge in [0.2, 0.25) is 0 Å². The maximum Gasteiger partial charge on any atom is 0.312 e. The van der Waals surface area contributed by atoms with Gasteiger partial charge in [0.15, 0.2) is 11.5 Å². The summed E-state index contributed by atoms with van der Waals surface area (Å²) in [7, 11) is 1.46. The number of ether oxygens (including phenoxy) is 2. The van der Waals surface area contributed by atoms with Crippen LogP contribution in [-0.4, -0.2) is 27.9 Å². The van der Waals surface area contributed by atoms with E-state index in [1.54, 1.807) is 41.8 Å². The Morgan fingerprint density at radius 2 is 1.84 bits per heavy atom. The van der Waals surface area contributed by atoms with Crippen molar-refractivity contribution < 1.29 is 24.5 Å². The van der Waals surface area contributed by atoms with Gasteiger partial charge in [-0.2, -0.15) is 0 Å².